The number of methoxy groups -OCH3 is 1. The maximum Gasteiger partial charge on any atom is 0.213 e. The zero-order chi connectivity index (χ0) is 13.8. The van der Waals surface area contributed by atoms with Gasteiger partial charge >= 0.3 is 0 Å². The Bertz CT molecular complexity index is 417. The molecule has 0 aromatic carbocycles. The van der Waals surface area contributed by atoms with E-state index in [9.17, 15) is 0 Å². The topological polar surface area (TPSA) is 25.4 Å². The second kappa shape index (κ2) is 6.38. The van der Waals surface area contributed by atoms with Gasteiger partial charge in [0.25, 0.3) is 0 Å². The van der Waals surface area contributed by atoms with Crippen LogP contribution in [0, 0.1) is 12.8 Å². The predicted octanol–water partition coefficient (Wildman–Crippen LogP) is 3.58. The lowest BCUT2D eigenvalue weighted by Gasteiger charge is -2.37. The van der Waals surface area contributed by atoms with Crippen LogP contribution < -0.4 is 4.74 Å². The van der Waals surface area contributed by atoms with E-state index in [2.05, 4.69) is 36.7 Å². The first-order valence-corrected chi connectivity index (χ1v) is 7.37. The first-order valence-electron chi connectivity index (χ1n) is 7.37. The minimum atomic E-state index is 0.537. The van der Waals surface area contributed by atoms with Crippen LogP contribution in [0.1, 0.15) is 50.4 Å². The molecular formula is C16H26N2O. The number of hydrogen-bond acceptors (Lipinski definition) is 3. The lowest BCUT2D eigenvalue weighted by Crippen LogP contribution is -2.36. The van der Waals surface area contributed by atoms with Gasteiger partial charge in [0.2, 0.25) is 5.88 Å². The van der Waals surface area contributed by atoms with Crippen molar-refractivity contribution in [3.8, 4) is 5.88 Å². The molecule has 3 nitrogen and oxygen atoms in total. The minimum Gasteiger partial charge on any atom is -0.481 e. The molecule has 0 N–H and O–H groups in total. The van der Waals surface area contributed by atoms with Gasteiger partial charge in [-0.05, 0) is 37.8 Å². The Morgan fingerprint density at radius 2 is 2.16 bits per heavy atom. The molecule has 0 unspecified atom stereocenters. The highest BCUT2D eigenvalue weighted by atomic mass is 16.5. The third-order valence-electron chi connectivity index (χ3n) is 3.88. The second-order valence-electron chi connectivity index (χ2n) is 5.93. The summed E-state index contributed by atoms with van der Waals surface area (Å²) >= 11 is 0. The van der Waals surface area contributed by atoms with E-state index in [1.165, 1.54) is 37.9 Å². The van der Waals surface area contributed by atoms with Gasteiger partial charge in [-0.15, -0.1) is 0 Å². The molecule has 1 aliphatic heterocycles. The molecule has 1 atom stereocenters. The Balaban J connectivity index is 2.21. The Kier molecular flexibility index (Phi) is 4.81. The molecule has 0 spiro atoms. The monoisotopic (exact) mass is 262 g/mol. The van der Waals surface area contributed by atoms with Crippen molar-refractivity contribution in [2.45, 2.75) is 46.1 Å². The SMILES string of the molecule is COc1ccc([C@@H]2CCCCN2CC(C)C)c(C)n1. The molecule has 1 fully saturated rings. The maximum absolute atomic E-state index is 5.20. The quantitative estimate of drug-likeness (QED) is 0.829. The number of rotatable bonds is 4. The number of hydrogen-bond donors (Lipinski definition) is 0. The van der Waals surface area contributed by atoms with Crippen molar-refractivity contribution in [2.75, 3.05) is 20.2 Å². The lowest BCUT2D eigenvalue weighted by molar-refractivity contribution is 0.131. The molecule has 1 aromatic heterocycles. The highest BCUT2D eigenvalue weighted by Gasteiger charge is 2.25. The van der Waals surface area contributed by atoms with Crippen LogP contribution in [-0.2, 0) is 0 Å². The van der Waals surface area contributed by atoms with Crippen molar-refractivity contribution in [3.05, 3.63) is 23.4 Å². The summed E-state index contributed by atoms with van der Waals surface area (Å²) in [6, 6.07) is 4.73. The molecule has 0 saturated carbocycles. The molecule has 106 valence electrons. The van der Waals surface area contributed by atoms with Gasteiger partial charge in [-0.25, -0.2) is 4.98 Å². The number of ether oxygens (including phenoxy) is 1. The average molecular weight is 262 g/mol. The standard InChI is InChI=1S/C16H26N2O/c1-12(2)11-18-10-6-5-7-15(18)14-8-9-16(19-4)17-13(14)3/h8-9,12,15H,5-7,10-11H2,1-4H3/t15-/m0/s1. The van der Waals surface area contributed by atoms with Crippen LogP contribution in [0.4, 0.5) is 0 Å². The molecule has 0 amide bonds. The van der Waals surface area contributed by atoms with Gasteiger partial charge in [0.05, 0.1) is 7.11 Å². The Morgan fingerprint density at radius 1 is 1.37 bits per heavy atom. The number of aromatic nitrogens is 1. The van der Waals surface area contributed by atoms with E-state index in [1.54, 1.807) is 7.11 Å². The third kappa shape index (κ3) is 3.47. The fourth-order valence-electron chi connectivity index (χ4n) is 3.05. The molecule has 2 heterocycles. The van der Waals surface area contributed by atoms with Crippen LogP contribution in [0.25, 0.3) is 0 Å². The number of aryl methyl sites for hydroxylation is 1. The van der Waals surface area contributed by atoms with Crippen molar-refractivity contribution in [1.29, 1.82) is 0 Å². The van der Waals surface area contributed by atoms with Crippen LogP contribution in [0.3, 0.4) is 0 Å². The molecule has 0 radical (unpaired) electrons. The summed E-state index contributed by atoms with van der Waals surface area (Å²) in [5.41, 5.74) is 2.49. The highest BCUT2D eigenvalue weighted by molar-refractivity contribution is 5.28. The van der Waals surface area contributed by atoms with E-state index in [4.69, 9.17) is 4.74 Å². The van der Waals surface area contributed by atoms with Crippen molar-refractivity contribution in [1.82, 2.24) is 9.88 Å². The van der Waals surface area contributed by atoms with Gasteiger partial charge < -0.3 is 4.74 Å². The Hall–Kier alpha value is -1.09. The number of pyridine rings is 1. The van der Waals surface area contributed by atoms with Crippen LogP contribution in [0.15, 0.2) is 12.1 Å². The van der Waals surface area contributed by atoms with Crippen molar-refractivity contribution < 1.29 is 4.74 Å². The molecule has 3 heteroatoms. The maximum atomic E-state index is 5.20. The summed E-state index contributed by atoms with van der Waals surface area (Å²) in [7, 11) is 1.67. The summed E-state index contributed by atoms with van der Waals surface area (Å²) in [6.45, 7) is 9.08. The smallest absolute Gasteiger partial charge is 0.213 e. The van der Waals surface area contributed by atoms with Gasteiger partial charge in [0.1, 0.15) is 0 Å². The fraction of sp³-hybridized carbons (Fsp3) is 0.688. The molecule has 1 saturated heterocycles. The summed E-state index contributed by atoms with van der Waals surface area (Å²) in [6.07, 6.45) is 3.90. The van der Waals surface area contributed by atoms with Crippen molar-refractivity contribution in [3.63, 3.8) is 0 Å². The normalized spacial score (nSPS) is 20.8. The summed E-state index contributed by atoms with van der Waals surface area (Å²) < 4.78 is 5.20. The largest absolute Gasteiger partial charge is 0.481 e. The van der Waals surface area contributed by atoms with Gasteiger partial charge in [0, 0.05) is 24.3 Å². The Morgan fingerprint density at radius 3 is 2.79 bits per heavy atom. The van der Waals surface area contributed by atoms with Crippen LogP contribution in [-0.4, -0.2) is 30.1 Å². The van der Waals surface area contributed by atoms with E-state index >= 15 is 0 Å². The summed E-state index contributed by atoms with van der Waals surface area (Å²) in [4.78, 5) is 7.16. The van der Waals surface area contributed by atoms with Crippen molar-refractivity contribution in [2.24, 2.45) is 5.92 Å². The minimum absolute atomic E-state index is 0.537. The zero-order valence-electron chi connectivity index (χ0n) is 12.6. The highest BCUT2D eigenvalue weighted by Crippen LogP contribution is 2.33. The molecule has 2 rings (SSSR count). The number of likely N-dealkylation sites (tertiary alicyclic amines) is 1. The first kappa shape index (κ1) is 14.3. The van der Waals surface area contributed by atoms with Gasteiger partial charge in [0.15, 0.2) is 0 Å². The number of nitrogens with zero attached hydrogens (tertiary/aromatic N) is 2. The van der Waals surface area contributed by atoms with Gasteiger partial charge in [-0.1, -0.05) is 26.3 Å². The van der Waals surface area contributed by atoms with E-state index < -0.39 is 0 Å². The molecule has 1 aliphatic rings. The Labute approximate surface area is 117 Å². The summed E-state index contributed by atoms with van der Waals surface area (Å²) in [5, 5.41) is 0. The van der Waals surface area contributed by atoms with E-state index in [1.807, 2.05) is 6.07 Å². The van der Waals surface area contributed by atoms with Gasteiger partial charge in [-0.2, -0.15) is 0 Å². The predicted molar refractivity (Wildman–Crippen MR) is 78.5 cm³/mol. The van der Waals surface area contributed by atoms with Crippen LogP contribution in [0.2, 0.25) is 0 Å². The van der Waals surface area contributed by atoms with Crippen molar-refractivity contribution >= 4 is 0 Å². The molecule has 1 aromatic rings. The zero-order valence-corrected chi connectivity index (χ0v) is 12.6. The van der Waals surface area contributed by atoms with E-state index in [0.29, 0.717) is 17.8 Å². The lowest BCUT2D eigenvalue weighted by atomic mass is 9.93. The second-order valence-corrected chi connectivity index (χ2v) is 5.93. The van der Waals surface area contributed by atoms with E-state index in [0.717, 1.165) is 5.69 Å². The molecular weight excluding hydrogens is 236 g/mol. The molecule has 0 aliphatic carbocycles. The van der Waals surface area contributed by atoms with E-state index in [-0.39, 0.29) is 0 Å². The van der Waals surface area contributed by atoms with Gasteiger partial charge in [-0.3, -0.25) is 4.90 Å². The van der Waals surface area contributed by atoms with Crippen LogP contribution >= 0.6 is 0 Å². The average Bonchev–Trinajstić information content (AvgIpc) is 2.39. The molecule has 0 bridgehead atoms. The number of piperidine rings is 1. The third-order valence-corrected chi connectivity index (χ3v) is 3.88. The van der Waals surface area contributed by atoms with Crippen LogP contribution in [0.5, 0.6) is 5.88 Å². The fourth-order valence-corrected chi connectivity index (χ4v) is 3.05. The summed E-state index contributed by atoms with van der Waals surface area (Å²) in [5.74, 6) is 1.43. The molecule has 19 heavy (non-hydrogen) atoms. The first-order chi connectivity index (χ1) is 9.11.